The van der Waals surface area contributed by atoms with E-state index in [9.17, 15) is 13.2 Å². The summed E-state index contributed by atoms with van der Waals surface area (Å²) < 4.78 is 63.8. The molecule has 1 aliphatic rings. The van der Waals surface area contributed by atoms with E-state index in [-0.39, 0.29) is 108 Å². The molecule has 15 rings (SSSR count). The molecule has 0 bridgehead atoms. The average molecular weight is 1590 g/mol. The molecule has 0 N–H and O–H groups in total. The average Bonchev–Trinajstić information content (AvgIpc) is 1.47. The molecular formula is C77H62F3Fe3MnN12O8S. The fourth-order valence-electron chi connectivity index (χ4n) is 10.3. The molecule has 10 heterocycles. The van der Waals surface area contributed by atoms with Crippen LogP contribution in [0.2, 0.25) is 0 Å². The van der Waals surface area contributed by atoms with E-state index in [1.807, 2.05) is 127 Å². The molecule has 1 aliphatic heterocycles. The molecule has 5 aromatic carbocycles. The number of rotatable bonds is 12. The van der Waals surface area contributed by atoms with Crippen LogP contribution in [0, 0.1) is 0 Å². The molecule has 0 aliphatic carbocycles. The molecule has 1 fully saturated rings. The minimum absolute atomic E-state index is 0. The van der Waals surface area contributed by atoms with Crippen LogP contribution in [0.25, 0.3) is 33.4 Å². The largest absolute Gasteiger partial charge is 3.00 e. The summed E-state index contributed by atoms with van der Waals surface area (Å²) in [5, 5.41) is 68.8. The number of hydrogen-bond donors (Lipinski definition) is 0. The number of pyridine rings is 6. The van der Waals surface area contributed by atoms with Crippen LogP contribution in [0.4, 0.5) is 13.2 Å². The van der Waals surface area contributed by atoms with Crippen LogP contribution in [0.5, 0.6) is 0 Å². The van der Waals surface area contributed by atoms with Crippen molar-refractivity contribution in [3.05, 3.63) is 380 Å². The zero-order chi connectivity index (χ0) is 70.4. The minimum Gasteiger partial charge on any atom is -2.00 e. The predicted molar refractivity (Wildman–Crippen MR) is 363 cm³/mol. The number of halogens is 3. The van der Waals surface area contributed by atoms with Crippen LogP contribution in [0.15, 0.2) is 329 Å². The molecule has 0 atom stereocenters. The third kappa shape index (κ3) is 23.6. The van der Waals surface area contributed by atoms with Gasteiger partial charge >= 0.3 is 73.8 Å². The van der Waals surface area contributed by atoms with Gasteiger partial charge in [-0.3, -0.25) is 29.9 Å². The van der Waals surface area contributed by atoms with E-state index < -0.39 is 32.4 Å². The smallest absolute Gasteiger partial charge is 2.00 e. The fraction of sp³-hybridized carbons (Fsp3) is 0.104. The summed E-state index contributed by atoms with van der Waals surface area (Å²) in [7, 11) is -6.09. The molecule has 20 nitrogen and oxygen atoms in total. The molecule has 9 aromatic heterocycles. The van der Waals surface area contributed by atoms with Crippen molar-refractivity contribution in [1.29, 1.82) is 0 Å². The van der Waals surface area contributed by atoms with Gasteiger partial charge in [0.1, 0.15) is 0 Å². The van der Waals surface area contributed by atoms with Crippen LogP contribution in [-0.4, -0.2) is 76.9 Å². The van der Waals surface area contributed by atoms with Crippen molar-refractivity contribution in [3.8, 4) is 33.4 Å². The van der Waals surface area contributed by atoms with Crippen molar-refractivity contribution in [2.75, 3.05) is 13.2 Å². The predicted octanol–water partition coefficient (Wildman–Crippen LogP) is 10.5. The van der Waals surface area contributed by atoms with Crippen molar-refractivity contribution < 1.29 is 120 Å². The van der Waals surface area contributed by atoms with Crippen LogP contribution in [0.1, 0.15) is 63.7 Å². The van der Waals surface area contributed by atoms with Crippen LogP contribution >= 0.6 is 0 Å². The van der Waals surface area contributed by atoms with E-state index in [0.29, 0.717) is 50.1 Å². The van der Waals surface area contributed by atoms with Gasteiger partial charge in [0.15, 0.2) is 10.1 Å². The van der Waals surface area contributed by atoms with Gasteiger partial charge in [-0.15, -0.1) is 0 Å². The molecule has 0 saturated carbocycles. The Hall–Kier alpha value is -9.79. The first kappa shape index (κ1) is 87.6. The molecule has 14 aromatic rings. The Morgan fingerprint density at radius 1 is 0.352 bits per heavy atom. The van der Waals surface area contributed by atoms with Crippen LogP contribution in [0.3, 0.4) is 0 Å². The molecule has 0 unspecified atom stereocenters. The monoisotopic (exact) mass is 1590 g/mol. The topological polar surface area (TPSA) is 322 Å². The van der Waals surface area contributed by atoms with Gasteiger partial charge in [0.05, 0.1) is 0 Å². The first-order chi connectivity index (χ1) is 48.6. The van der Waals surface area contributed by atoms with Gasteiger partial charge in [0.25, 0.3) is 0 Å². The standard InChI is InChI=1S/C57H39N6O3.C6H6.C4H8O.3C3H3N2.CHF3O3S.3Fe.Mn.O/c64-55(49-25-7-13-31-58-49,50-26-8-14-32-59-50)46-22-4-1-19-43(46)40-37-41(44-20-2-5-23-47(44)56(65,51-27-9-15-33-60-51)52-28-10-16-34-61-52)39-42(38-40)45-21-3-6-24-48(45)57(66,53-29-11-17-35-62-53)54-30-12-18-36-63-54;1-2-4-6-5-3-1;4*1-2-4-5-3-1;2-1(3,4)8(5,6)7;;;;;/h1-39H;1-6H;1-4H2;3*1-3H;(H,5,6,7);;;;;/q-3;;;3*-1;;2*+2;+3;+2;-2/p-1. The Labute approximate surface area is 647 Å². The summed E-state index contributed by atoms with van der Waals surface area (Å²) in [4.78, 5) is 27.7. The first-order valence-electron chi connectivity index (χ1n) is 30.9. The molecule has 1 saturated heterocycles. The third-order valence-corrected chi connectivity index (χ3v) is 15.4. The zero-order valence-corrected chi connectivity index (χ0v) is 60.4. The molecule has 0 spiro atoms. The first-order valence-corrected chi connectivity index (χ1v) is 32.4. The summed E-state index contributed by atoms with van der Waals surface area (Å²) in [6.07, 6.45) is 22.0. The van der Waals surface area contributed by atoms with Gasteiger partial charge in [-0.25, -0.2) is 8.42 Å². The van der Waals surface area contributed by atoms with Crippen molar-refractivity contribution in [1.82, 2.24) is 60.5 Å². The normalized spacial score (nSPS) is 11.3. The van der Waals surface area contributed by atoms with Crippen molar-refractivity contribution in [2.45, 2.75) is 35.2 Å². The molecule has 105 heavy (non-hydrogen) atoms. The Bertz CT molecular complexity index is 4110. The molecule has 0 amide bonds. The molecule has 536 valence electrons. The molecule has 28 heteroatoms. The van der Waals surface area contributed by atoms with Gasteiger partial charge in [-0.1, -0.05) is 164 Å². The van der Waals surface area contributed by atoms with E-state index in [0.717, 1.165) is 13.2 Å². The summed E-state index contributed by atoms with van der Waals surface area (Å²) in [5.41, 5.74) is -5.22. The summed E-state index contributed by atoms with van der Waals surface area (Å²) in [6, 6.07) is 77.4. The number of alkyl halides is 3. The maximum Gasteiger partial charge on any atom is 3.00 e. The Kier molecular flexibility index (Phi) is 36.8. The SMILES string of the molecule is C1CCOC1.O=S(=O)([O-])C(F)(F)F.[Fe+2].[Fe+2].[Fe+3].[Mn+2].[O-2].[O-]C(c1ccccn1)(c1ccccn1)c1ccccc1-c1cc(-c2ccccc2C([O-])(c2ccccn2)c2ccccn2)cc(-c2ccccc2C([O-])(c2ccccn2)c2ccccn2)c1.c1ccccc1.c1cn[n-]c1.c1cn[n-]c1.c1cn[n-]c1. The molecular weight excluding hydrogens is 1530 g/mol. The zero-order valence-electron chi connectivity index (χ0n) is 55.1. The van der Waals surface area contributed by atoms with Crippen molar-refractivity contribution in [2.24, 2.45) is 0 Å². The van der Waals surface area contributed by atoms with Gasteiger partial charge in [0.2, 0.25) is 0 Å². The van der Waals surface area contributed by atoms with Crippen LogP contribution in [-0.2, 0) is 105 Å². The Morgan fingerprint density at radius 3 is 0.724 bits per heavy atom. The second kappa shape index (κ2) is 44.1. The minimum atomic E-state index is -6.09. The van der Waals surface area contributed by atoms with E-state index in [2.05, 4.69) is 60.5 Å². The number of nitrogens with zero attached hydrogens (tertiary/aromatic N) is 12. The second-order valence-electron chi connectivity index (χ2n) is 21.3. The maximum absolute atomic E-state index is 16.0. The fourth-order valence-corrected chi connectivity index (χ4v) is 10.3. The van der Waals surface area contributed by atoms with E-state index in [1.165, 1.54) is 12.8 Å². The third-order valence-electron chi connectivity index (χ3n) is 14.8. The summed E-state index contributed by atoms with van der Waals surface area (Å²) in [6.45, 7) is 2.00. The van der Waals surface area contributed by atoms with E-state index >= 15 is 15.3 Å². The second-order valence-corrected chi connectivity index (χ2v) is 22.7. The van der Waals surface area contributed by atoms with E-state index in [1.54, 1.807) is 202 Å². The van der Waals surface area contributed by atoms with Gasteiger partial charge in [-0.2, -0.15) is 31.8 Å². The maximum atomic E-state index is 16.0. The number of ether oxygens (including phenoxy) is 1. The Morgan fingerprint density at radius 2 is 0.571 bits per heavy atom. The van der Waals surface area contributed by atoms with E-state index in [4.69, 9.17) is 17.7 Å². The Balaban J connectivity index is 0.000000487. The molecule has 2 radical (unpaired) electrons. The van der Waals surface area contributed by atoms with Gasteiger partial charge < -0.3 is 60.7 Å². The number of aromatic nitrogens is 12. The quantitative estimate of drug-likeness (QED) is 0.0623. The number of hydrogen-bond acceptors (Lipinski definition) is 16. The van der Waals surface area contributed by atoms with Gasteiger partial charge in [-0.05, 0) is 154 Å². The van der Waals surface area contributed by atoms with Gasteiger partial charge in [0, 0.05) is 120 Å². The summed E-state index contributed by atoms with van der Waals surface area (Å²) >= 11 is 0. The van der Waals surface area contributed by atoms with Crippen molar-refractivity contribution >= 4 is 10.1 Å². The van der Waals surface area contributed by atoms with Crippen LogP contribution < -0.4 is 30.6 Å². The number of benzene rings is 5. The van der Waals surface area contributed by atoms with Crippen molar-refractivity contribution in [3.63, 3.8) is 0 Å². The summed E-state index contributed by atoms with van der Waals surface area (Å²) in [5.74, 6) is 0.